The van der Waals surface area contributed by atoms with Crippen LogP contribution in [-0.2, 0) is 6.18 Å². The van der Waals surface area contributed by atoms with Crippen molar-refractivity contribution >= 4 is 43.6 Å². The molecule has 8 aromatic rings. The monoisotopic (exact) mass is 652 g/mol. The van der Waals surface area contributed by atoms with Crippen molar-refractivity contribution in [2.24, 2.45) is 0 Å². The molecule has 8 rings (SSSR count). The number of benzene rings is 6. The largest absolute Gasteiger partial charge is 0.416 e. The van der Waals surface area contributed by atoms with E-state index < -0.39 is 11.7 Å². The first-order chi connectivity index (χ1) is 24.2. The summed E-state index contributed by atoms with van der Waals surface area (Å²) >= 11 is 0. The average molecular weight is 653 g/mol. The minimum atomic E-state index is -4.73. The van der Waals surface area contributed by atoms with Crippen LogP contribution in [0.1, 0.15) is 27.8 Å². The summed E-state index contributed by atoms with van der Waals surface area (Å²) in [5.41, 5.74) is 3.86. The standard InChI is InChI=1S/C41H19F3N6/c42-41(43,44)28-16-26(22-47)15-27(19-28)29-11-14-39(49-35-7-3-1-5-30(35)32-17-24(20-45)9-12-37(32)49)34(23-48)40(29)50-36-8-4-2-6-31(36)33-18-25(21-46)10-13-38(33)50/h1-19H. The van der Waals surface area contributed by atoms with Crippen molar-refractivity contribution in [2.45, 2.75) is 6.18 Å². The number of fused-ring (bicyclic) bond motifs is 6. The number of alkyl halides is 3. The quantitative estimate of drug-likeness (QED) is 0.189. The summed E-state index contributed by atoms with van der Waals surface area (Å²) in [4.78, 5) is 0. The van der Waals surface area contributed by atoms with Crippen LogP contribution in [0, 0.1) is 45.3 Å². The van der Waals surface area contributed by atoms with Crippen LogP contribution >= 0.6 is 0 Å². The van der Waals surface area contributed by atoms with E-state index in [4.69, 9.17) is 0 Å². The number of para-hydroxylation sites is 2. The lowest BCUT2D eigenvalue weighted by Crippen LogP contribution is -2.08. The van der Waals surface area contributed by atoms with Gasteiger partial charge in [-0.2, -0.15) is 34.2 Å². The van der Waals surface area contributed by atoms with Crippen molar-refractivity contribution in [3.8, 4) is 46.8 Å². The van der Waals surface area contributed by atoms with Crippen molar-refractivity contribution in [3.63, 3.8) is 0 Å². The van der Waals surface area contributed by atoms with Gasteiger partial charge in [-0.05, 0) is 78.4 Å². The molecule has 0 spiro atoms. The van der Waals surface area contributed by atoms with E-state index >= 15 is 0 Å². The number of aromatic nitrogens is 2. The van der Waals surface area contributed by atoms with Gasteiger partial charge in [-0.25, -0.2) is 0 Å². The fourth-order valence-electron chi connectivity index (χ4n) is 6.94. The average Bonchev–Trinajstić information content (AvgIpc) is 3.65. The Morgan fingerprint density at radius 3 is 1.58 bits per heavy atom. The molecule has 0 bridgehead atoms. The van der Waals surface area contributed by atoms with Crippen LogP contribution in [0.25, 0.3) is 66.1 Å². The van der Waals surface area contributed by atoms with Crippen LogP contribution in [-0.4, -0.2) is 9.13 Å². The van der Waals surface area contributed by atoms with Crippen LogP contribution in [0.5, 0.6) is 0 Å². The van der Waals surface area contributed by atoms with Crippen LogP contribution in [0.3, 0.4) is 0 Å². The normalized spacial score (nSPS) is 11.4. The predicted molar refractivity (Wildman–Crippen MR) is 184 cm³/mol. The summed E-state index contributed by atoms with van der Waals surface area (Å²) in [6.45, 7) is 0. The molecule has 50 heavy (non-hydrogen) atoms. The molecule has 0 aliphatic heterocycles. The van der Waals surface area contributed by atoms with Crippen molar-refractivity contribution in [1.82, 2.24) is 9.13 Å². The molecule has 0 unspecified atom stereocenters. The Bertz CT molecular complexity index is 2920. The Balaban J connectivity index is 1.57. The number of nitriles is 4. The first kappa shape index (κ1) is 30.0. The molecule has 2 aromatic heterocycles. The molecule has 2 heterocycles. The molecule has 6 nitrogen and oxygen atoms in total. The molecule has 0 radical (unpaired) electrons. The van der Waals surface area contributed by atoms with E-state index in [1.165, 1.54) is 6.07 Å². The van der Waals surface area contributed by atoms with Crippen LogP contribution < -0.4 is 0 Å². The Hall–Kier alpha value is -7.33. The van der Waals surface area contributed by atoms with Gasteiger partial charge in [0.25, 0.3) is 0 Å². The van der Waals surface area contributed by atoms with E-state index in [0.29, 0.717) is 39.1 Å². The molecule has 0 fully saturated rings. The Morgan fingerprint density at radius 1 is 0.480 bits per heavy atom. The summed E-state index contributed by atoms with van der Waals surface area (Å²) in [5, 5.41) is 43.4. The van der Waals surface area contributed by atoms with Crippen LogP contribution in [0.15, 0.2) is 115 Å². The van der Waals surface area contributed by atoms with Crippen molar-refractivity contribution < 1.29 is 13.2 Å². The maximum absolute atomic E-state index is 14.2. The molecule has 0 atom stereocenters. The van der Waals surface area contributed by atoms with Crippen LogP contribution in [0.2, 0.25) is 0 Å². The second-order valence-electron chi connectivity index (χ2n) is 11.8. The summed E-state index contributed by atoms with van der Waals surface area (Å²) in [6.07, 6.45) is -4.73. The third-order valence-corrected chi connectivity index (χ3v) is 9.04. The Kier molecular flexibility index (Phi) is 6.69. The van der Waals surface area contributed by atoms with Gasteiger partial charge in [0.1, 0.15) is 11.6 Å². The van der Waals surface area contributed by atoms with Gasteiger partial charge in [-0.15, -0.1) is 0 Å². The lowest BCUT2D eigenvalue weighted by Gasteiger charge is -2.20. The fraction of sp³-hybridized carbons (Fsp3) is 0.0244. The molecule has 0 N–H and O–H groups in total. The molecule has 0 saturated heterocycles. The smallest absolute Gasteiger partial charge is 0.308 e. The van der Waals surface area contributed by atoms with Crippen molar-refractivity contribution in [3.05, 3.63) is 143 Å². The van der Waals surface area contributed by atoms with Gasteiger partial charge in [0, 0.05) is 27.1 Å². The molecular formula is C41H19F3N6. The maximum atomic E-state index is 14.2. The van der Waals surface area contributed by atoms with E-state index in [1.54, 1.807) is 42.5 Å². The Morgan fingerprint density at radius 2 is 1.02 bits per heavy atom. The zero-order chi connectivity index (χ0) is 34.7. The zero-order valence-electron chi connectivity index (χ0n) is 25.8. The van der Waals surface area contributed by atoms with E-state index in [-0.39, 0.29) is 16.7 Å². The first-order valence-corrected chi connectivity index (χ1v) is 15.3. The first-order valence-electron chi connectivity index (χ1n) is 15.3. The molecule has 0 saturated carbocycles. The summed E-state index contributed by atoms with van der Waals surface area (Å²) in [5.74, 6) is 0. The van der Waals surface area contributed by atoms with Crippen LogP contribution in [0.4, 0.5) is 13.2 Å². The second-order valence-corrected chi connectivity index (χ2v) is 11.8. The minimum Gasteiger partial charge on any atom is -0.308 e. The van der Waals surface area contributed by atoms with Gasteiger partial charge in [0.15, 0.2) is 0 Å². The molecule has 6 aromatic carbocycles. The summed E-state index contributed by atoms with van der Waals surface area (Å²) in [7, 11) is 0. The van der Waals surface area contributed by atoms with E-state index in [2.05, 4.69) is 18.2 Å². The highest BCUT2D eigenvalue weighted by atomic mass is 19.4. The van der Waals surface area contributed by atoms with E-state index in [1.807, 2.05) is 69.8 Å². The number of hydrogen-bond acceptors (Lipinski definition) is 4. The van der Waals surface area contributed by atoms with Gasteiger partial charge >= 0.3 is 6.18 Å². The molecule has 0 amide bonds. The lowest BCUT2D eigenvalue weighted by atomic mass is 9.95. The van der Waals surface area contributed by atoms with Gasteiger partial charge in [-0.3, -0.25) is 0 Å². The molecular weight excluding hydrogens is 633 g/mol. The second kappa shape index (κ2) is 11.1. The number of halogens is 3. The molecule has 234 valence electrons. The summed E-state index contributed by atoms with van der Waals surface area (Å²) < 4.78 is 46.3. The third-order valence-electron chi connectivity index (χ3n) is 9.04. The fourth-order valence-corrected chi connectivity index (χ4v) is 6.94. The van der Waals surface area contributed by atoms with Crippen molar-refractivity contribution in [1.29, 1.82) is 21.0 Å². The number of rotatable bonds is 3. The van der Waals surface area contributed by atoms with E-state index in [9.17, 15) is 34.2 Å². The highest BCUT2D eigenvalue weighted by Crippen LogP contribution is 2.43. The minimum absolute atomic E-state index is 0.106. The van der Waals surface area contributed by atoms with E-state index in [0.717, 1.165) is 44.7 Å². The molecule has 9 heteroatoms. The highest BCUT2D eigenvalue weighted by molar-refractivity contribution is 6.12. The Labute approximate surface area is 282 Å². The lowest BCUT2D eigenvalue weighted by molar-refractivity contribution is -0.137. The van der Waals surface area contributed by atoms with Gasteiger partial charge < -0.3 is 9.13 Å². The van der Waals surface area contributed by atoms with Crippen molar-refractivity contribution in [2.75, 3.05) is 0 Å². The number of hydrogen-bond donors (Lipinski definition) is 0. The van der Waals surface area contributed by atoms with Gasteiger partial charge in [0.2, 0.25) is 0 Å². The highest BCUT2D eigenvalue weighted by Gasteiger charge is 2.32. The molecule has 0 aliphatic carbocycles. The van der Waals surface area contributed by atoms with Gasteiger partial charge in [0.05, 0.1) is 73.9 Å². The SMILES string of the molecule is N#Cc1cc(-c2ccc(-n3c4ccccc4c4cc(C#N)ccc43)c(C#N)c2-n2c3ccccc3c3cc(C#N)ccc32)cc(C(F)(F)F)c1. The predicted octanol–water partition coefficient (Wildman–Crippen LogP) is 10.1. The molecule has 0 aliphatic rings. The maximum Gasteiger partial charge on any atom is 0.416 e. The zero-order valence-corrected chi connectivity index (χ0v) is 25.8. The third kappa shape index (κ3) is 4.47. The topological polar surface area (TPSA) is 105 Å². The van der Waals surface area contributed by atoms with Gasteiger partial charge in [-0.1, -0.05) is 42.5 Å². The summed E-state index contributed by atoms with van der Waals surface area (Å²) in [6, 6.07) is 40.7. The number of nitrogens with zero attached hydrogens (tertiary/aromatic N) is 6.